The fourth-order valence-electron chi connectivity index (χ4n) is 2.41. The second kappa shape index (κ2) is 9.14. The molecular weight excluding hydrogens is 382 g/mol. The largest absolute Gasteiger partial charge is 0.493 e. The van der Waals surface area contributed by atoms with Gasteiger partial charge in [0.05, 0.1) is 27.1 Å². The second-order valence-corrected chi connectivity index (χ2v) is 6.52. The van der Waals surface area contributed by atoms with Gasteiger partial charge in [-0.05, 0) is 24.3 Å². The zero-order chi connectivity index (χ0) is 19.9. The number of methoxy groups -OCH3 is 3. The zero-order valence-electron chi connectivity index (χ0n) is 15.6. The molecule has 0 bridgehead atoms. The third kappa shape index (κ3) is 4.55. The minimum atomic E-state index is -0.440. The highest BCUT2D eigenvalue weighted by molar-refractivity contribution is 7.98. The number of benzene rings is 2. The summed E-state index contributed by atoms with van der Waals surface area (Å²) in [6, 6.07) is 13.0. The first-order chi connectivity index (χ1) is 13.6. The fraction of sp³-hybridized carbons (Fsp3) is 0.211. The van der Waals surface area contributed by atoms with Crippen molar-refractivity contribution in [1.29, 1.82) is 0 Å². The van der Waals surface area contributed by atoms with Crippen molar-refractivity contribution in [3.05, 3.63) is 53.9 Å². The summed E-state index contributed by atoms with van der Waals surface area (Å²) >= 11 is 1.56. The Kier molecular flexibility index (Phi) is 6.38. The normalized spacial score (nSPS) is 10.4. The molecule has 1 N–H and O–H groups in total. The van der Waals surface area contributed by atoms with Crippen LogP contribution in [0.15, 0.2) is 51.8 Å². The molecule has 1 heterocycles. The van der Waals surface area contributed by atoms with E-state index in [-0.39, 0.29) is 6.01 Å². The number of aromatic nitrogens is 2. The van der Waals surface area contributed by atoms with Gasteiger partial charge in [-0.15, -0.1) is 16.9 Å². The van der Waals surface area contributed by atoms with Crippen molar-refractivity contribution in [3.63, 3.8) is 0 Å². The Hall–Kier alpha value is -3.20. The van der Waals surface area contributed by atoms with Gasteiger partial charge >= 0.3 is 6.01 Å². The van der Waals surface area contributed by atoms with E-state index in [0.29, 0.717) is 34.5 Å². The molecule has 0 spiro atoms. The molecule has 28 heavy (non-hydrogen) atoms. The molecule has 9 heteroatoms. The van der Waals surface area contributed by atoms with Gasteiger partial charge in [0.2, 0.25) is 11.6 Å². The predicted molar refractivity (Wildman–Crippen MR) is 104 cm³/mol. The van der Waals surface area contributed by atoms with E-state index in [1.807, 2.05) is 30.3 Å². The summed E-state index contributed by atoms with van der Waals surface area (Å²) in [4.78, 5) is 13.6. The van der Waals surface area contributed by atoms with Gasteiger partial charge in [-0.1, -0.05) is 23.3 Å². The van der Waals surface area contributed by atoms with Crippen LogP contribution in [0.25, 0.3) is 0 Å². The van der Waals surface area contributed by atoms with E-state index in [1.165, 1.54) is 21.3 Å². The smallest absolute Gasteiger partial charge is 0.322 e. The van der Waals surface area contributed by atoms with Crippen LogP contribution >= 0.6 is 11.8 Å². The fourth-order valence-corrected chi connectivity index (χ4v) is 3.16. The van der Waals surface area contributed by atoms with E-state index in [1.54, 1.807) is 23.9 Å². The van der Waals surface area contributed by atoms with Crippen LogP contribution in [0, 0.1) is 0 Å². The van der Waals surface area contributed by atoms with Crippen LogP contribution in [0.3, 0.4) is 0 Å². The Morgan fingerprint density at radius 1 is 1.04 bits per heavy atom. The van der Waals surface area contributed by atoms with E-state index < -0.39 is 5.91 Å². The van der Waals surface area contributed by atoms with Gasteiger partial charge in [0.25, 0.3) is 5.91 Å². The van der Waals surface area contributed by atoms with Crippen LogP contribution in [0.2, 0.25) is 0 Å². The number of amides is 1. The van der Waals surface area contributed by atoms with Crippen LogP contribution < -0.4 is 19.5 Å². The molecule has 3 aromatic rings. The molecule has 0 aliphatic heterocycles. The van der Waals surface area contributed by atoms with E-state index in [9.17, 15) is 4.79 Å². The summed E-state index contributed by atoms with van der Waals surface area (Å²) in [5.74, 6) is 1.62. The van der Waals surface area contributed by atoms with Crippen LogP contribution in [0.4, 0.5) is 6.01 Å². The zero-order valence-corrected chi connectivity index (χ0v) is 16.4. The van der Waals surface area contributed by atoms with E-state index in [2.05, 4.69) is 15.5 Å². The standard InChI is InChI=1S/C19H19N3O5S/c1-24-14-9-12(10-15(25-2)17(14)26-3)18(23)20-19-22-21-16(27-19)11-28-13-7-5-4-6-8-13/h4-10H,11H2,1-3H3,(H,20,22,23). The number of hydrogen-bond acceptors (Lipinski definition) is 8. The summed E-state index contributed by atoms with van der Waals surface area (Å²) in [6.07, 6.45) is 0. The lowest BCUT2D eigenvalue weighted by molar-refractivity contribution is 0.102. The molecule has 8 nitrogen and oxygen atoms in total. The number of ether oxygens (including phenoxy) is 3. The minimum Gasteiger partial charge on any atom is -0.493 e. The third-order valence-electron chi connectivity index (χ3n) is 3.72. The molecule has 3 rings (SSSR count). The maximum Gasteiger partial charge on any atom is 0.322 e. The molecule has 0 atom stereocenters. The van der Waals surface area contributed by atoms with Crippen LogP contribution in [0.5, 0.6) is 17.2 Å². The third-order valence-corrected chi connectivity index (χ3v) is 4.72. The molecular formula is C19H19N3O5S. The average Bonchev–Trinajstić information content (AvgIpc) is 3.19. The number of thioether (sulfide) groups is 1. The first kappa shape index (κ1) is 19.6. The highest BCUT2D eigenvalue weighted by Gasteiger charge is 2.18. The lowest BCUT2D eigenvalue weighted by atomic mass is 10.1. The second-order valence-electron chi connectivity index (χ2n) is 5.47. The Balaban J connectivity index is 1.69. The molecule has 1 amide bonds. The Morgan fingerprint density at radius 2 is 1.71 bits per heavy atom. The molecule has 0 radical (unpaired) electrons. The van der Waals surface area contributed by atoms with Gasteiger partial charge < -0.3 is 18.6 Å². The lowest BCUT2D eigenvalue weighted by Crippen LogP contribution is -2.13. The van der Waals surface area contributed by atoms with Gasteiger partial charge in [0, 0.05) is 10.5 Å². The van der Waals surface area contributed by atoms with Crippen molar-refractivity contribution in [2.75, 3.05) is 26.6 Å². The highest BCUT2D eigenvalue weighted by atomic mass is 32.2. The van der Waals surface area contributed by atoms with E-state index >= 15 is 0 Å². The molecule has 0 saturated heterocycles. The van der Waals surface area contributed by atoms with Gasteiger partial charge in [0.1, 0.15) is 0 Å². The summed E-state index contributed by atoms with van der Waals surface area (Å²) in [5.41, 5.74) is 0.299. The topological polar surface area (TPSA) is 95.7 Å². The monoisotopic (exact) mass is 401 g/mol. The summed E-state index contributed by atoms with van der Waals surface area (Å²) in [5, 5.41) is 10.4. The van der Waals surface area contributed by atoms with Gasteiger partial charge in [-0.2, -0.15) is 0 Å². The van der Waals surface area contributed by atoms with Crippen LogP contribution in [0.1, 0.15) is 16.2 Å². The highest BCUT2D eigenvalue weighted by Crippen LogP contribution is 2.38. The Bertz CT molecular complexity index is 921. The number of rotatable bonds is 8. The lowest BCUT2D eigenvalue weighted by Gasteiger charge is -2.13. The van der Waals surface area contributed by atoms with Crippen molar-refractivity contribution in [3.8, 4) is 17.2 Å². The van der Waals surface area contributed by atoms with Crippen molar-refractivity contribution in [2.45, 2.75) is 10.6 Å². The van der Waals surface area contributed by atoms with Crippen LogP contribution in [-0.4, -0.2) is 37.4 Å². The van der Waals surface area contributed by atoms with E-state index in [4.69, 9.17) is 18.6 Å². The van der Waals surface area contributed by atoms with Crippen molar-refractivity contribution >= 4 is 23.7 Å². The molecule has 2 aromatic carbocycles. The summed E-state index contributed by atoms with van der Waals surface area (Å²) < 4.78 is 21.3. The number of carbonyl (C=O) groups excluding carboxylic acids is 1. The van der Waals surface area contributed by atoms with Crippen LogP contribution in [-0.2, 0) is 5.75 Å². The molecule has 0 fully saturated rings. The van der Waals surface area contributed by atoms with Gasteiger partial charge in [-0.25, -0.2) is 0 Å². The molecule has 0 aliphatic rings. The SMILES string of the molecule is COc1cc(C(=O)Nc2nnc(CSc3ccccc3)o2)cc(OC)c1OC. The quantitative estimate of drug-likeness (QED) is 0.572. The molecule has 146 valence electrons. The number of nitrogens with zero attached hydrogens (tertiary/aromatic N) is 2. The molecule has 0 unspecified atom stereocenters. The number of nitrogens with one attached hydrogen (secondary N) is 1. The van der Waals surface area contributed by atoms with Crippen molar-refractivity contribution < 1.29 is 23.4 Å². The maximum atomic E-state index is 12.5. The molecule has 0 aliphatic carbocycles. The maximum absolute atomic E-state index is 12.5. The Labute approximate surface area is 166 Å². The predicted octanol–water partition coefficient (Wildman–Crippen LogP) is 3.64. The summed E-state index contributed by atoms with van der Waals surface area (Å²) in [6.45, 7) is 0. The van der Waals surface area contributed by atoms with Gasteiger partial charge in [-0.3, -0.25) is 10.1 Å². The number of anilines is 1. The van der Waals surface area contributed by atoms with Gasteiger partial charge in [0.15, 0.2) is 11.5 Å². The van der Waals surface area contributed by atoms with E-state index in [0.717, 1.165) is 4.90 Å². The first-order valence-electron chi connectivity index (χ1n) is 8.26. The Morgan fingerprint density at radius 3 is 2.32 bits per heavy atom. The number of hydrogen-bond donors (Lipinski definition) is 1. The van der Waals surface area contributed by atoms with Crippen molar-refractivity contribution in [1.82, 2.24) is 10.2 Å². The first-order valence-corrected chi connectivity index (χ1v) is 9.24. The average molecular weight is 401 g/mol. The minimum absolute atomic E-state index is 0.0161. The molecule has 1 aromatic heterocycles. The van der Waals surface area contributed by atoms with Crippen molar-refractivity contribution in [2.24, 2.45) is 0 Å². The number of carbonyl (C=O) groups is 1. The molecule has 0 saturated carbocycles. The summed E-state index contributed by atoms with van der Waals surface area (Å²) in [7, 11) is 4.45.